The molecule has 0 aliphatic carbocycles. The maximum atomic E-state index is 10.9. The Labute approximate surface area is 111 Å². The lowest BCUT2D eigenvalue weighted by Gasteiger charge is -2.06. The number of nitro benzene ring substituents is 1. The van der Waals surface area contributed by atoms with Crippen LogP contribution < -0.4 is 5.32 Å². The lowest BCUT2D eigenvalue weighted by atomic mass is 10.2. The van der Waals surface area contributed by atoms with Gasteiger partial charge in [-0.2, -0.15) is 4.98 Å². The fourth-order valence-corrected chi connectivity index (χ4v) is 1.60. The number of nitro groups is 1. The van der Waals surface area contributed by atoms with Crippen molar-refractivity contribution in [2.24, 2.45) is 0 Å². The minimum atomic E-state index is -0.555. The Morgan fingerprint density at radius 2 is 2.11 bits per heavy atom. The van der Waals surface area contributed by atoms with Gasteiger partial charge in [0.2, 0.25) is 6.39 Å². The highest BCUT2D eigenvalue weighted by molar-refractivity contribution is 6.42. The number of nitrogens with zero attached hydrogens (tertiary/aromatic N) is 3. The van der Waals surface area contributed by atoms with Crippen LogP contribution >= 0.6 is 23.2 Å². The van der Waals surface area contributed by atoms with E-state index in [1.165, 1.54) is 18.5 Å². The van der Waals surface area contributed by atoms with Gasteiger partial charge >= 0.3 is 0 Å². The van der Waals surface area contributed by atoms with E-state index in [0.29, 0.717) is 5.82 Å². The van der Waals surface area contributed by atoms with Crippen LogP contribution in [0.4, 0.5) is 11.4 Å². The van der Waals surface area contributed by atoms with E-state index in [4.69, 9.17) is 23.2 Å². The molecule has 0 spiro atoms. The van der Waals surface area contributed by atoms with Crippen molar-refractivity contribution in [2.45, 2.75) is 6.54 Å². The standard InChI is InChI=1S/C9H6Cl2N4O3/c10-5-1-7(8(15(16)17)2-6(5)11)12-3-9-13-4-18-14-9/h1-2,4,12H,3H2. The van der Waals surface area contributed by atoms with Crippen LogP contribution in [-0.4, -0.2) is 15.1 Å². The van der Waals surface area contributed by atoms with Gasteiger partial charge in [-0.1, -0.05) is 28.4 Å². The third kappa shape index (κ3) is 2.69. The molecule has 0 saturated carbocycles. The van der Waals surface area contributed by atoms with Gasteiger partial charge < -0.3 is 9.84 Å². The van der Waals surface area contributed by atoms with Gasteiger partial charge in [0.25, 0.3) is 5.69 Å². The molecule has 0 saturated heterocycles. The Morgan fingerprint density at radius 1 is 1.39 bits per heavy atom. The van der Waals surface area contributed by atoms with Gasteiger partial charge in [-0.3, -0.25) is 10.1 Å². The number of anilines is 1. The lowest BCUT2D eigenvalue weighted by Crippen LogP contribution is -2.04. The Morgan fingerprint density at radius 3 is 2.72 bits per heavy atom. The molecule has 0 bridgehead atoms. The summed E-state index contributed by atoms with van der Waals surface area (Å²) in [5.41, 5.74) is 0.0621. The molecule has 1 N–H and O–H groups in total. The topological polar surface area (TPSA) is 94.1 Å². The van der Waals surface area contributed by atoms with Crippen LogP contribution in [0.2, 0.25) is 10.0 Å². The monoisotopic (exact) mass is 288 g/mol. The van der Waals surface area contributed by atoms with Gasteiger partial charge in [0.05, 0.1) is 21.5 Å². The SMILES string of the molecule is O=[N+]([O-])c1cc(Cl)c(Cl)cc1NCc1ncon1. The molecule has 1 heterocycles. The van der Waals surface area contributed by atoms with Gasteiger partial charge in [-0.25, -0.2) is 0 Å². The number of hydrogen-bond donors (Lipinski definition) is 1. The van der Waals surface area contributed by atoms with Crippen molar-refractivity contribution in [1.82, 2.24) is 10.1 Å². The molecular formula is C9H6Cl2N4O3. The van der Waals surface area contributed by atoms with Gasteiger partial charge in [0.1, 0.15) is 5.69 Å². The number of aromatic nitrogens is 2. The molecule has 2 aromatic rings. The van der Waals surface area contributed by atoms with Crippen molar-refractivity contribution < 1.29 is 9.45 Å². The molecule has 0 unspecified atom stereocenters. The molecule has 1 aromatic heterocycles. The molecule has 0 aliphatic heterocycles. The summed E-state index contributed by atoms with van der Waals surface area (Å²) in [6, 6.07) is 2.56. The fourth-order valence-electron chi connectivity index (χ4n) is 1.27. The first-order valence-corrected chi connectivity index (χ1v) is 5.46. The molecule has 18 heavy (non-hydrogen) atoms. The Bertz CT molecular complexity index is 573. The zero-order chi connectivity index (χ0) is 13.1. The second-order valence-corrected chi connectivity index (χ2v) is 4.06. The molecule has 9 heteroatoms. The van der Waals surface area contributed by atoms with Gasteiger partial charge in [-0.05, 0) is 6.07 Å². The van der Waals surface area contributed by atoms with E-state index in [-0.39, 0.29) is 28.0 Å². The first-order valence-electron chi connectivity index (χ1n) is 4.70. The Balaban J connectivity index is 2.25. The van der Waals surface area contributed by atoms with Crippen LogP contribution in [0.3, 0.4) is 0 Å². The van der Waals surface area contributed by atoms with Crippen molar-refractivity contribution in [3.63, 3.8) is 0 Å². The lowest BCUT2D eigenvalue weighted by molar-refractivity contribution is -0.383. The minimum Gasteiger partial charge on any atom is -0.372 e. The molecule has 2 rings (SSSR count). The smallest absolute Gasteiger partial charge is 0.293 e. The summed E-state index contributed by atoms with van der Waals surface area (Å²) in [6.07, 6.45) is 1.17. The number of hydrogen-bond acceptors (Lipinski definition) is 6. The van der Waals surface area contributed by atoms with E-state index >= 15 is 0 Å². The number of nitrogens with one attached hydrogen (secondary N) is 1. The molecule has 0 amide bonds. The van der Waals surface area contributed by atoms with Crippen LogP contribution in [-0.2, 0) is 6.54 Å². The van der Waals surface area contributed by atoms with Gasteiger partial charge in [0, 0.05) is 6.07 Å². The van der Waals surface area contributed by atoms with Crippen molar-refractivity contribution in [3.8, 4) is 0 Å². The summed E-state index contributed by atoms with van der Waals surface area (Å²) in [7, 11) is 0. The molecule has 0 radical (unpaired) electrons. The highest BCUT2D eigenvalue weighted by Gasteiger charge is 2.17. The van der Waals surface area contributed by atoms with E-state index in [9.17, 15) is 10.1 Å². The van der Waals surface area contributed by atoms with Crippen LogP contribution in [0.25, 0.3) is 0 Å². The van der Waals surface area contributed by atoms with Crippen molar-refractivity contribution >= 4 is 34.6 Å². The summed E-state index contributed by atoms with van der Waals surface area (Å²) < 4.78 is 4.54. The van der Waals surface area contributed by atoms with E-state index in [0.717, 1.165) is 0 Å². The zero-order valence-electron chi connectivity index (χ0n) is 8.76. The summed E-state index contributed by atoms with van der Waals surface area (Å²) in [5, 5.41) is 17.6. The third-order valence-electron chi connectivity index (χ3n) is 2.08. The maximum Gasteiger partial charge on any atom is 0.293 e. The maximum absolute atomic E-state index is 10.9. The Hall–Kier alpha value is -1.86. The normalized spacial score (nSPS) is 10.3. The number of benzene rings is 1. The molecule has 1 aromatic carbocycles. The largest absolute Gasteiger partial charge is 0.372 e. The molecule has 0 aliphatic rings. The second kappa shape index (κ2) is 5.19. The molecule has 94 valence electrons. The highest BCUT2D eigenvalue weighted by Crippen LogP contribution is 2.34. The molecule has 7 nitrogen and oxygen atoms in total. The second-order valence-electron chi connectivity index (χ2n) is 3.24. The van der Waals surface area contributed by atoms with Crippen molar-refractivity contribution in [2.75, 3.05) is 5.32 Å². The fraction of sp³-hybridized carbons (Fsp3) is 0.111. The average Bonchev–Trinajstić information content (AvgIpc) is 2.83. The predicted molar refractivity (Wildman–Crippen MR) is 64.7 cm³/mol. The summed E-state index contributed by atoms with van der Waals surface area (Å²) in [4.78, 5) is 14.1. The van der Waals surface area contributed by atoms with Gasteiger partial charge in [0.15, 0.2) is 5.82 Å². The third-order valence-corrected chi connectivity index (χ3v) is 2.80. The van der Waals surface area contributed by atoms with Crippen molar-refractivity contribution in [1.29, 1.82) is 0 Å². The average molecular weight is 289 g/mol. The van der Waals surface area contributed by atoms with E-state index in [2.05, 4.69) is 20.0 Å². The molecule has 0 atom stereocenters. The Kier molecular flexibility index (Phi) is 3.63. The summed E-state index contributed by atoms with van der Waals surface area (Å²) in [5.74, 6) is 0.371. The number of rotatable bonds is 4. The van der Waals surface area contributed by atoms with E-state index in [1.54, 1.807) is 0 Å². The first kappa shape index (κ1) is 12.6. The highest BCUT2D eigenvalue weighted by atomic mass is 35.5. The van der Waals surface area contributed by atoms with Crippen LogP contribution in [0.1, 0.15) is 5.82 Å². The predicted octanol–water partition coefficient (Wildman–Crippen LogP) is 2.90. The van der Waals surface area contributed by atoms with Crippen molar-refractivity contribution in [3.05, 3.63) is 44.5 Å². The summed E-state index contributed by atoms with van der Waals surface area (Å²) >= 11 is 11.5. The van der Waals surface area contributed by atoms with Crippen LogP contribution in [0, 0.1) is 10.1 Å². The van der Waals surface area contributed by atoms with Crippen LogP contribution in [0.15, 0.2) is 23.0 Å². The first-order chi connectivity index (χ1) is 8.58. The number of halogens is 2. The van der Waals surface area contributed by atoms with Crippen LogP contribution in [0.5, 0.6) is 0 Å². The van der Waals surface area contributed by atoms with Gasteiger partial charge in [-0.15, -0.1) is 0 Å². The van der Waals surface area contributed by atoms with E-state index in [1.807, 2.05) is 0 Å². The minimum absolute atomic E-state index is 0.119. The quantitative estimate of drug-likeness (QED) is 0.687. The zero-order valence-corrected chi connectivity index (χ0v) is 10.3. The summed E-state index contributed by atoms with van der Waals surface area (Å²) in [6.45, 7) is 0.176. The molecule has 0 fully saturated rings. The van der Waals surface area contributed by atoms with E-state index < -0.39 is 4.92 Å². The molecular weight excluding hydrogens is 283 g/mol.